The molecule has 0 fully saturated rings. The Morgan fingerprint density at radius 3 is 2.15 bits per heavy atom. The first-order valence-corrected chi connectivity index (χ1v) is 13.5. The van der Waals surface area contributed by atoms with Gasteiger partial charge < -0.3 is 19.5 Å². The number of anilines is 2. The van der Waals surface area contributed by atoms with E-state index in [4.69, 9.17) is 9.05 Å². The molecule has 0 amide bonds. The molecule has 3 rings (SSSR count). The van der Waals surface area contributed by atoms with Gasteiger partial charge in [0.2, 0.25) is 0 Å². The molecule has 0 aliphatic heterocycles. The molecular formula is C23H27N2O6PS. The van der Waals surface area contributed by atoms with E-state index in [-0.39, 0.29) is 23.9 Å². The molecule has 33 heavy (non-hydrogen) atoms. The van der Waals surface area contributed by atoms with Crippen LogP contribution in [0.3, 0.4) is 0 Å². The van der Waals surface area contributed by atoms with Crippen LogP contribution in [0.4, 0.5) is 11.4 Å². The average molecular weight is 491 g/mol. The Balaban J connectivity index is 1.97. The maximum atomic E-state index is 13.6. The van der Waals surface area contributed by atoms with Crippen molar-refractivity contribution in [3.8, 4) is 5.75 Å². The van der Waals surface area contributed by atoms with Crippen LogP contribution in [0.1, 0.15) is 25.2 Å². The fourth-order valence-corrected chi connectivity index (χ4v) is 6.25. The topological polar surface area (TPSA) is 114 Å². The largest absolute Gasteiger partial charge is 0.508 e. The lowest BCUT2D eigenvalue weighted by Gasteiger charge is -2.28. The van der Waals surface area contributed by atoms with Crippen molar-refractivity contribution in [2.45, 2.75) is 24.5 Å². The summed E-state index contributed by atoms with van der Waals surface area (Å²) in [4.78, 5) is 0.0219. The summed E-state index contributed by atoms with van der Waals surface area (Å²) in [5.74, 6) is -0.994. The molecule has 3 aromatic carbocycles. The zero-order valence-electron chi connectivity index (χ0n) is 18.3. The van der Waals surface area contributed by atoms with Crippen molar-refractivity contribution in [1.82, 2.24) is 0 Å². The molecular weight excluding hydrogens is 463 g/mol. The molecule has 3 N–H and O–H groups in total. The molecule has 0 aliphatic carbocycles. The Hall–Kier alpha value is -2.84. The van der Waals surface area contributed by atoms with Crippen molar-refractivity contribution in [1.29, 1.82) is 0 Å². The summed E-state index contributed by atoms with van der Waals surface area (Å²) in [5.41, 5.74) is 1.29. The Morgan fingerprint density at radius 1 is 0.879 bits per heavy atom. The summed E-state index contributed by atoms with van der Waals surface area (Å²) in [6.07, 6.45) is 0. The second-order valence-corrected chi connectivity index (χ2v) is 10.8. The van der Waals surface area contributed by atoms with E-state index in [1.165, 1.54) is 24.3 Å². The Kier molecular flexibility index (Phi) is 8.15. The van der Waals surface area contributed by atoms with Crippen molar-refractivity contribution < 1.29 is 27.1 Å². The first kappa shape index (κ1) is 24.8. The molecule has 0 aromatic heterocycles. The van der Waals surface area contributed by atoms with Gasteiger partial charge in [-0.05, 0) is 61.9 Å². The molecule has 10 heteroatoms. The van der Waals surface area contributed by atoms with Gasteiger partial charge in [0.15, 0.2) is 5.78 Å². The van der Waals surface area contributed by atoms with Crippen LogP contribution >= 0.6 is 7.60 Å². The molecule has 176 valence electrons. The molecule has 0 spiro atoms. The highest BCUT2D eigenvalue weighted by Crippen LogP contribution is 2.61. The summed E-state index contributed by atoms with van der Waals surface area (Å²) in [6.45, 7) is 3.69. The van der Waals surface area contributed by atoms with Gasteiger partial charge in [0, 0.05) is 11.4 Å². The predicted octanol–water partition coefficient (Wildman–Crippen LogP) is 5.57. The number of phenols is 1. The van der Waals surface area contributed by atoms with Gasteiger partial charge in [-0.15, -0.1) is 0 Å². The van der Waals surface area contributed by atoms with Crippen LogP contribution < -0.4 is 10.0 Å². The van der Waals surface area contributed by atoms with Crippen LogP contribution in [-0.4, -0.2) is 26.7 Å². The third-order valence-corrected chi connectivity index (χ3v) is 8.27. The second kappa shape index (κ2) is 10.9. The third-order valence-electron chi connectivity index (χ3n) is 4.59. The predicted molar refractivity (Wildman–Crippen MR) is 129 cm³/mol. The molecule has 0 saturated carbocycles. The third kappa shape index (κ3) is 6.36. The molecule has 0 bridgehead atoms. The van der Waals surface area contributed by atoms with E-state index >= 15 is 0 Å². The van der Waals surface area contributed by atoms with E-state index in [0.29, 0.717) is 16.9 Å². The summed E-state index contributed by atoms with van der Waals surface area (Å²) < 4.78 is 53.0. The normalized spacial score (nSPS) is 12.8. The molecule has 3 aromatic rings. The lowest BCUT2D eigenvalue weighted by molar-refractivity contribution is 0.214. The molecule has 8 nitrogen and oxygen atoms in total. The maximum Gasteiger partial charge on any atom is 0.357 e. The minimum atomic E-state index is -3.86. The van der Waals surface area contributed by atoms with Crippen molar-refractivity contribution in [3.63, 3.8) is 0 Å². The highest BCUT2D eigenvalue weighted by atomic mass is 32.2. The number of phenolic OH excluding ortho intramolecular Hbond substituents is 1. The van der Waals surface area contributed by atoms with Gasteiger partial charge in [-0.3, -0.25) is 9.29 Å². The minimum absolute atomic E-state index is 0.0118. The Morgan fingerprint density at radius 2 is 1.52 bits per heavy atom. The van der Waals surface area contributed by atoms with E-state index in [0.717, 1.165) is 0 Å². The molecule has 0 heterocycles. The number of para-hydroxylation sites is 1. The van der Waals surface area contributed by atoms with Crippen LogP contribution in [-0.2, 0) is 23.6 Å². The average Bonchev–Trinajstić information content (AvgIpc) is 2.78. The first-order valence-electron chi connectivity index (χ1n) is 10.4. The van der Waals surface area contributed by atoms with Gasteiger partial charge in [-0.25, -0.2) is 8.42 Å². The standard InChI is InChI=1S/C23H27N2O6PS/c1-3-30-32(27,31-4-2)23(18-10-8-14-21(26)16-18)24-20-13-9-15-22(17-20)33(28,29)25-19-11-6-5-7-12-19/h5-17,23-26H,3-4H2,1-2H3. The van der Waals surface area contributed by atoms with Crippen LogP contribution in [0.15, 0.2) is 83.8 Å². The maximum absolute atomic E-state index is 13.6. The smallest absolute Gasteiger partial charge is 0.357 e. The number of benzene rings is 3. The number of aromatic hydroxyl groups is 1. The van der Waals surface area contributed by atoms with Gasteiger partial charge >= 0.3 is 7.60 Å². The first-order chi connectivity index (χ1) is 15.8. The molecule has 1 unspecified atom stereocenters. The van der Waals surface area contributed by atoms with E-state index in [9.17, 15) is 18.1 Å². The van der Waals surface area contributed by atoms with Crippen LogP contribution in [0.5, 0.6) is 5.75 Å². The number of sulfonamides is 1. The second-order valence-electron chi connectivity index (χ2n) is 7.02. The Labute approximate surface area is 194 Å². The highest BCUT2D eigenvalue weighted by molar-refractivity contribution is 7.92. The van der Waals surface area contributed by atoms with Gasteiger partial charge in [0.05, 0.1) is 18.1 Å². The van der Waals surface area contributed by atoms with Crippen LogP contribution in [0.25, 0.3) is 0 Å². The quantitative estimate of drug-likeness (QED) is 0.301. The van der Waals surface area contributed by atoms with Gasteiger partial charge in [0.1, 0.15) is 5.75 Å². The van der Waals surface area contributed by atoms with Crippen molar-refractivity contribution >= 4 is 29.0 Å². The monoisotopic (exact) mass is 490 g/mol. The SMILES string of the molecule is CCOP(=O)(OCC)C(Nc1cccc(S(=O)(=O)Nc2ccccc2)c1)c1cccc(O)c1. The number of rotatable bonds is 11. The minimum Gasteiger partial charge on any atom is -0.508 e. The molecule has 1 atom stereocenters. The van der Waals surface area contributed by atoms with Crippen LogP contribution in [0, 0.1) is 0 Å². The van der Waals surface area contributed by atoms with Gasteiger partial charge in [-0.2, -0.15) is 0 Å². The van der Waals surface area contributed by atoms with Crippen molar-refractivity contribution in [3.05, 3.63) is 84.4 Å². The zero-order valence-corrected chi connectivity index (χ0v) is 20.1. The summed E-state index contributed by atoms with van der Waals surface area (Å²) >= 11 is 0. The molecule has 0 aliphatic rings. The highest BCUT2D eigenvalue weighted by Gasteiger charge is 2.37. The van der Waals surface area contributed by atoms with Crippen molar-refractivity contribution in [2.75, 3.05) is 23.3 Å². The molecule has 0 saturated heterocycles. The van der Waals surface area contributed by atoms with Gasteiger partial charge in [-0.1, -0.05) is 36.4 Å². The summed E-state index contributed by atoms with van der Waals surface area (Å²) in [6, 6.07) is 20.9. The zero-order chi connectivity index (χ0) is 23.9. The van der Waals surface area contributed by atoms with Gasteiger partial charge in [0.25, 0.3) is 10.0 Å². The Bertz CT molecular complexity index is 1210. The fraction of sp³-hybridized carbons (Fsp3) is 0.217. The molecule has 0 radical (unpaired) electrons. The van der Waals surface area contributed by atoms with E-state index in [1.54, 1.807) is 68.4 Å². The van der Waals surface area contributed by atoms with E-state index < -0.39 is 23.4 Å². The number of hydrogen-bond acceptors (Lipinski definition) is 7. The lowest BCUT2D eigenvalue weighted by atomic mass is 10.2. The van der Waals surface area contributed by atoms with Crippen LogP contribution in [0.2, 0.25) is 0 Å². The fourth-order valence-electron chi connectivity index (χ4n) is 3.22. The van der Waals surface area contributed by atoms with E-state index in [1.807, 2.05) is 0 Å². The lowest BCUT2D eigenvalue weighted by Crippen LogP contribution is -2.16. The summed E-state index contributed by atoms with van der Waals surface area (Å²) in [7, 11) is -7.59. The number of nitrogens with one attached hydrogen (secondary N) is 2. The van der Waals surface area contributed by atoms with Crippen molar-refractivity contribution in [2.24, 2.45) is 0 Å². The summed E-state index contributed by atoms with van der Waals surface area (Å²) in [5, 5.41) is 13.1. The van der Waals surface area contributed by atoms with E-state index in [2.05, 4.69) is 10.0 Å². The number of hydrogen-bond donors (Lipinski definition) is 3.